The molecule has 0 fully saturated rings. The van der Waals surface area contributed by atoms with Gasteiger partial charge in [-0.05, 0) is 53.8 Å². The first-order valence-electron chi connectivity index (χ1n) is 12.7. The van der Waals surface area contributed by atoms with Crippen molar-refractivity contribution in [1.29, 1.82) is 0 Å². The van der Waals surface area contributed by atoms with E-state index in [1.54, 1.807) is 12.0 Å². The van der Waals surface area contributed by atoms with Crippen LogP contribution in [0.4, 0.5) is 0 Å². The van der Waals surface area contributed by atoms with Gasteiger partial charge in [0.1, 0.15) is 11.8 Å². The quantitative estimate of drug-likeness (QED) is 0.394. The van der Waals surface area contributed by atoms with Gasteiger partial charge in [0.2, 0.25) is 18.6 Å². The summed E-state index contributed by atoms with van der Waals surface area (Å²) in [6.07, 6.45) is 2.03. The molecule has 1 unspecified atom stereocenters. The van der Waals surface area contributed by atoms with Gasteiger partial charge in [-0.1, -0.05) is 55.5 Å². The molecule has 1 aliphatic heterocycles. The number of aryl methyl sites for hydroxylation is 1. The summed E-state index contributed by atoms with van der Waals surface area (Å²) in [7, 11) is 1.61. The van der Waals surface area contributed by atoms with Crippen LogP contribution in [0.15, 0.2) is 72.8 Å². The normalized spacial score (nSPS) is 12.6. The summed E-state index contributed by atoms with van der Waals surface area (Å²) < 4.78 is 16.3. The van der Waals surface area contributed by atoms with Gasteiger partial charge in [0.05, 0.1) is 7.11 Å². The van der Waals surface area contributed by atoms with Gasteiger partial charge in [0.15, 0.2) is 11.5 Å². The van der Waals surface area contributed by atoms with Crippen molar-refractivity contribution in [3.63, 3.8) is 0 Å². The van der Waals surface area contributed by atoms with Crippen molar-refractivity contribution in [3.8, 4) is 17.2 Å². The fraction of sp³-hybridized carbons (Fsp3) is 0.333. The van der Waals surface area contributed by atoms with Crippen molar-refractivity contribution in [2.75, 3.05) is 20.4 Å². The number of methoxy groups -OCH3 is 1. The summed E-state index contributed by atoms with van der Waals surface area (Å²) in [6, 6.07) is 22.5. The number of fused-ring (bicyclic) bond motifs is 1. The summed E-state index contributed by atoms with van der Waals surface area (Å²) in [5, 5.41) is 3.01. The van der Waals surface area contributed by atoms with Crippen LogP contribution in [0.25, 0.3) is 0 Å². The fourth-order valence-corrected chi connectivity index (χ4v) is 4.38. The van der Waals surface area contributed by atoms with Crippen LogP contribution in [0.3, 0.4) is 0 Å². The number of nitrogens with zero attached hydrogens (tertiary/aromatic N) is 1. The zero-order chi connectivity index (χ0) is 26.0. The van der Waals surface area contributed by atoms with Crippen LogP contribution in [0, 0.1) is 0 Å². The lowest BCUT2D eigenvalue weighted by molar-refractivity contribution is -0.141. The second-order valence-electron chi connectivity index (χ2n) is 9.06. The molecule has 2 amide bonds. The van der Waals surface area contributed by atoms with Gasteiger partial charge >= 0.3 is 0 Å². The maximum Gasteiger partial charge on any atom is 0.243 e. The third kappa shape index (κ3) is 7.03. The van der Waals surface area contributed by atoms with Gasteiger partial charge in [-0.25, -0.2) is 0 Å². The highest BCUT2D eigenvalue weighted by atomic mass is 16.7. The number of nitrogens with one attached hydrogen (secondary N) is 1. The van der Waals surface area contributed by atoms with Crippen LogP contribution in [0.5, 0.6) is 17.2 Å². The molecule has 194 valence electrons. The Morgan fingerprint density at radius 3 is 2.51 bits per heavy atom. The molecule has 37 heavy (non-hydrogen) atoms. The van der Waals surface area contributed by atoms with Crippen molar-refractivity contribution in [3.05, 3.63) is 89.5 Å². The molecule has 0 bridgehead atoms. The van der Waals surface area contributed by atoms with E-state index in [1.165, 1.54) is 0 Å². The predicted molar refractivity (Wildman–Crippen MR) is 142 cm³/mol. The average molecular weight is 503 g/mol. The molecule has 0 saturated carbocycles. The van der Waals surface area contributed by atoms with E-state index in [0.29, 0.717) is 43.2 Å². The zero-order valence-electron chi connectivity index (χ0n) is 21.4. The molecule has 0 spiro atoms. The van der Waals surface area contributed by atoms with Gasteiger partial charge in [-0.3, -0.25) is 9.59 Å². The summed E-state index contributed by atoms with van der Waals surface area (Å²) in [5.74, 6) is 1.88. The number of rotatable bonds is 12. The first kappa shape index (κ1) is 26.1. The highest BCUT2D eigenvalue weighted by molar-refractivity contribution is 5.88. The summed E-state index contributed by atoms with van der Waals surface area (Å²) in [6.45, 7) is 3.08. The minimum absolute atomic E-state index is 0.0898. The van der Waals surface area contributed by atoms with Crippen LogP contribution < -0.4 is 19.5 Å². The number of hydrogen-bond acceptors (Lipinski definition) is 5. The Morgan fingerprint density at radius 2 is 1.73 bits per heavy atom. The van der Waals surface area contributed by atoms with Crippen molar-refractivity contribution >= 4 is 11.8 Å². The first-order chi connectivity index (χ1) is 18.1. The van der Waals surface area contributed by atoms with Gasteiger partial charge in [-0.15, -0.1) is 0 Å². The second-order valence-corrected chi connectivity index (χ2v) is 9.06. The van der Waals surface area contributed by atoms with Crippen LogP contribution in [-0.4, -0.2) is 43.2 Å². The topological polar surface area (TPSA) is 77.1 Å². The molecule has 3 aromatic carbocycles. The largest absolute Gasteiger partial charge is 0.497 e. The van der Waals surface area contributed by atoms with Gasteiger partial charge in [-0.2, -0.15) is 0 Å². The van der Waals surface area contributed by atoms with Gasteiger partial charge in [0.25, 0.3) is 0 Å². The third-order valence-corrected chi connectivity index (χ3v) is 6.37. The molecule has 3 aromatic rings. The Morgan fingerprint density at radius 1 is 0.946 bits per heavy atom. The summed E-state index contributed by atoms with van der Waals surface area (Å²) in [4.78, 5) is 28.9. The minimum atomic E-state index is -0.649. The van der Waals surface area contributed by atoms with E-state index in [2.05, 4.69) is 5.32 Å². The molecule has 0 aliphatic carbocycles. The Kier molecular flexibility index (Phi) is 9.03. The van der Waals surface area contributed by atoms with E-state index in [1.807, 2.05) is 79.7 Å². The smallest absolute Gasteiger partial charge is 0.243 e. The highest BCUT2D eigenvalue weighted by Crippen LogP contribution is 2.33. The fourth-order valence-electron chi connectivity index (χ4n) is 4.38. The van der Waals surface area contributed by atoms with E-state index in [-0.39, 0.29) is 25.0 Å². The van der Waals surface area contributed by atoms with Crippen LogP contribution >= 0.6 is 0 Å². The van der Waals surface area contributed by atoms with Crippen molar-refractivity contribution in [2.45, 2.75) is 45.2 Å². The Labute approximate surface area is 218 Å². The third-order valence-electron chi connectivity index (χ3n) is 6.37. The first-order valence-corrected chi connectivity index (χ1v) is 12.7. The number of ether oxygens (including phenoxy) is 3. The SMILES string of the molecule is CCCNC(=O)C(Cc1ccccc1)N(Cc1cccc(OC)c1)C(=O)CCc1ccc2c(c1)OCO2. The van der Waals surface area contributed by atoms with Crippen molar-refractivity contribution < 1.29 is 23.8 Å². The van der Waals surface area contributed by atoms with E-state index in [4.69, 9.17) is 14.2 Å². The highest BCUT2D eigenvalue weighted by Gasteiger charge is 2.30. The molecule has 1 heterocycles. The van der Waals surface area contributed by atoms with Crippen LogP contribution in [-0.2, 0) is 29.0 Å². The molecule has 1 aliphatic rings. The Bertz CT molecular complexity index is 1200. The Hall–Kier alpha value is -4.00. The predicted octanol–water partition coefficient (Wildman–Crippen LogP) is 4.52. The van der Waals surface area contributed by atoms with E-state index in [9.17, 15) is 9.59 Å². The molecule has 1 atom stereocenters. The molecule has 0 radical (unpaired) electrons. The van der Waals surface area contributed by atoms with E-state index < -0.39 is 6.04 Å². The van der Waals surface area contributed by atoms with Gasteiger partial charge in [0, 0.05) is 25.9 Å². The second kappa shape index (κ2) is 12.8. The lowest BCUT2D eigenvalue weighted by Gasteiger charge is -2.32. The number of carbonyl (C=O) groups excluding carboxylic acids is 2. The summed E-state index contributed by atoms with van der Waals surface area (Å²) >= 11 is 0. The standard InChI is InChI=1S/C30H34N2O5/c1-3-16-31-30(34)26(18-22-8-5-4-6-9-22)32(20-24-10-7-11-25(17-24)35-2)29(33)15-13-23-12-14-27-28(19-23)37-21-36-27/h4-12,14,17,19,26H,3,13,15-16,18,20-21H2,1-2H3,(H,31,34). The maximum atomic E-state index is 13.8. The van der Waals surface area contributed by atoms with Gasteiger partial charge < -0.3 is 24.4 Å². The van der Waals surface area contributed by atoms with E-state index >= 15 is 0 Å². The minimum Gasteiger partial charge on any atom is -0.497 e. The zero-order valence-corrected chi connectivity index (χ0v) is 21.4. The monoisotopic (exact) mass is 502 g/mol. The van der Waals surface area contributed by atoms with Crippen molar-refractivity contribution in [2.24, 2.45) is 0 Å². The Balaban J connectivity index is 1.59. The molecule has 7 heteroatoms. The molecule has 7 nitrogen and oxygen atoms in total. The number of benzene rings is 3. The summed E-state index contributed by atoms with van der Waals surface area (Å²) in [5.41, 5.74) is 2.88. The number of carbonyl (C=O) groups is 2. The van der Waals surface area contributed by atoms with Crippen LogP contribution in [0.1, 0.15) is 36.5 Å². The molecule has 0 saturated heterocycles. The van der Waals surface area contributed by atoms with Crippen molar-refractivity contribution in [1.82, 2.24) is 10.2 Å². The molecular weight excluding hydrogens is 468 g/mol. The molecule has 1 N–H and O–H groups in total. The lowest BCUT2D eigenvalue weighted by Crippen LogP contribution is -2.50. The lowest BCUT2D eigenvalue weighted by atomic mass is 10.0. The maximum absolute atomic E-state index is 13.8. The molecule has 0 aromatic heterocycles. The van der Waals surface area contributed by atoms with E-state index in [0.717, 1.165) is 23.1 Å². The van der Waals surface area contributed by atoms with Crippen LogP contribution in [0.2, 0.25) is 0 Å². The molecule has 4 rings (SSSR count). The average Bonchev–Trinajstić information content (AvgIpc) is 3.41. The molecular formula is C30H34N2O5. The number of hydrogen-bond donors (Lipinski definition) is 1. The number of amides is 2.